The zero-order valence-corrected chi connectivity index (χ0v) is 9.98. The van der Waals surface area contributed by atoms with Gasteiger partial charge in [0, 0.05) is 13.3 Å². The van der Waals surface area contributed by atoms with Gasteiger partial charge in [0.2, 0.25) is 0 Å². The van der Waals surface area contributed by atoms with E-state index in [0.29, 0.717) is 12.1 Å². The van der Waals surface area contributed by atoms with Crippen molar-refractivity contribution < 1.29 is 9.28 Å². The minimum Gasteiger partial charge on any atom is -0.272 e. The summed E-state index contributed by atoms with van der Waals surface area (Å²) in [6.45, 7) is 1.22. The Labute approximate surface area is 105 Å². The Hall–Kier alpha value is -2.16. The molecule has 90 valence electrons. The lowest BCUT2D eigenvalue weighted by Crippen LogP contribution is -2.19. The third-order valence-electron chi connectivity index (χ3n) is 3.31. The quantitative estimate of drug-likeness (QED) is 0.597. The lowest BCUT2D eigenvalue weighted by molar-refractivity contribution is -0.119. The fourth-order valence-corrected chi connectivity index (χ4v) is 2.49. The summed E-state index contributed by atoms with van der Waals surface area (Å²) >= 11 is 0. The summed E-state index contributed by atoms with van der Waals surface area (Å²) in [5, 5.41) is 0.227. The van der Waals surface area contributed by atoms with Crippen LogP contribution in [0.4, 0.5) is 10.2 Å². The third kappa shape index (κ3) is 1.51. The summed E-state index contributed by atoms with van der Waals surface area (Å²) in [6, 6.07) is 13.4. The number of rotatable bonds is 1. The Morgan fingerprint density at radius 1 is 1.11 bits per heavy atom. The number of carbonyl (C=O) groups is 1. The fraction of sp³-hybridized carbons (Fsp3) is 0.133. The van der Waals surface area contributed by atoms with E-state index >= 15 is 0 Å². The molecule has 3 rings (SSSR count). The molecule has 0 aromatic heterocycles. The van der Waals surface area contributed by atoms with E-state index in [9.17, 15) is 9.28 Å². The molecular formula is C15H12FNO. The molecule has 2 nitrogen and oxygen atoms in total. The standard InChI is InChI=1S/C15H12FNO/c1-10(18)17(16)15-8-4-7-13-12-6-3-2-5-11(12)9-14(13)15/h2-8H,9H2,1H3. The molecule has 0 saturated heterocycles. The third-order valence-corrected chi connectivity index (χ3v) is 3.31. The van der Waals surface area contributed by atoms with E-state index < -0.39 is 5.91 Å². The van der Waals surface area contributed by atoms with Gasteiger partial charge in [-0.2, -0.15) is 0 Å². The normalized spacial score (nSPS) is 11.9. The highest BCUT2D eigenvalue weighted by molar-refractivity contribution is 5.93. The molecule has 0 radical (unpaired) electrons. The van der Waals surface area contributed by atoms with Crippen LogP contribution >= 0.6 is 0 Å². The van der Waals surface area contributed by atoms with Gasteiger partial charge in [0.1, 0.15) is 0 Å². The number of anilines is 1. The van der Waals surface area contributed by atoms with E-state index in [1.54, 1.807) is 12.1 Å². The first-order valence-electron chi connectivity index (χ1n) is 5.85. The summed E-state index contributed by atoms with van der Waals surface area (Å²) in [7, 11) is 0. The van der Waals surface area contributed by atoms with Crippen LogP contribution in [-0.4, -0.2) is 5.91 Å². The van der Waals surface area contributed by atoms with Gasteiger partial charge in [-0.15, -0.1) is 5.12 Å². The van der Waals surface area contributed by atoms with Crippen LogP contribution in [0, 0.1) is 0 Å². The second-order valence-electron chi connectivity index (χ2n) is 4.44. The predicted octanol–water partition coefficient (Wildman–Crippen LogP) is 3.50. The SMILES string of the molecule is CC(=O)N(F)c1cccc2c1Cc1ccccc1-2. The zero-order valence-electron chi connectivity index (χ0n) is 9.98. The van der Waals surface area contributed by atoms with Crippen LogP contribution < -0.4 is 5.12 Å². The van der Waals surface area contributed by atoms with E-state index in [0.717, 1.165) is 16.7 Å². The van der Waals surface area contributed by atoms with Gasteiger partial charge in [0.05, 0.1) is 5.69 Å². The Bertz CT molecular complexity index is 636. The second kappa shape index (κ2) is 3.95. The molecule has 2 aromatic carbocycles. The predicted molar refractivity (Wildman–Crippen MR) is 69.0 cm³/mol. The van der Waals surface area contributed by atoms with E-state index in [2.05, 4.69) is 0 Å². The maximum Gasteiger partial charge on any atom is 0.251 e. The molecule has 0 atom stereocenters. The van der Waals surface area contributed by atoms with Crippen LogP contribution in [0.3, 0.4) is 0 Å². The Morgan fingerprint density at radius 3 is 2.61 bits per heavy atom. The molecule has 0 N–H and O–H groups in total. The molecule has 0 spiro atoms. The van der Waals surface area contributed by atoms with Gasteiger partial charge < -0.3 is 0 Å². The minimum atomic E-state index is -0.598. The van der Waals surface area contributed by atoms with Gasteiger partial charge in [0.25, 0.3) is 5.91 Å². The minimum absolute atomic E-state index is 0.227. The molecule has 1 amide bonds. The van der Waals surface area contributed by atoms with Crippen molar-refractivity contribution >= 4 is 11.6 Å². The van der Waals surface area contributed by atoms with Crippen LogP contribution in [0.15, 0.2) is 42.5 Å². The van der Waals surface area contributed by atoms with Crippen molar-refractivity contribution in [2.75, 3.05) is 5.12 Å². The maximum atomic E-state index is 13.8. The Balaban J connectivity index is 2.17. The molecular weight excluding hydrogens is 229 g/mol. The van der Waals surface area contributed by atoms with Crippen LogP contribution in [0.1, 0.15) is 18.1 Å². The topological polar surface area (TPSA) is 20.3 Å². The van der Waals surface area contributed by atoms with Gasteiger partial charge in [-0.1, -0.05) is 40.9 Å². The molecule has 3 heteroatoms. The number of hydrogen-bond donors (Lipinski definition) is 0. The number of fused-ring (bicyclic) bond motifs is 3. The highest BCUT2D eigenvalue weighted by atomic mass is 19.2. The van der Waals surface area contributed by atoms with Crippen LogP contribution in [0.5, 0.6) is 0 Å². The van der Waals surface area contributed by atoms with Crippen molar-refractivity contribution in [3.8, 4) is 11.1 Å². The van der Waals surface area contributed by atoms with Crippen LogP contribution in [-0.2, 0) is 11.2 Å². The van der Waals surface area contributed by atoms with Crippen molar-refractivity contribution in [3.05, 3.63) is 53.6 Å². The van der Waals surface area contributed by atoms with Gasteiger partial charge >= 0.3 is 0 Å². The molecule has 1 aliphatic rings. The smallest absolute Gasteiger partial charge is 0.251 e. The average Bonchev–Trinajstić information content (AvgIpc) is 2.76. The van der Waals surface area contributed by atoms with E-state index in [1.165, 1.54) is 12.5 Å². The number of nitrogens with zero attached hydrogens (tertiary/aromatic N) is 1. The average molecular weight is 241 g/mol. The van der Waals surface area contributed by atoms with E-state index in [1.807, 2.05) is 30.3 Å². The summed E-state index contributed by atoms with van der Waals surface area (Å²) in [5.41, 5.74) is 4.57. The molecule has 1 aliphatic carbocycles. The zero-order chi connectivity index (χ0) is 12.7. The van der Waals surface area contributed by atoms with Crippen molar-refractivity contribution in [2.45, 2.75) is 13.3 Å². The van der Waals surface area contributed by atoms with Gasteiger partial charge in [-0.25, -0.2) is 0 Å². The number of benzene rings is 2. The lowest BCUT2D eigenvalue weighted by Gasteiger charge is -2.13. The fourth-order valence-electron chi connectivity index (χ4n) is 2.49. The van der Waals surface area contributed by atoms with Gasteiger partial charge in [-0.3, -0.25) is 4.79 Å². The van der Waals surface area contributed by atoms with Crippen LogP contribution in [0.2, 0.25) is 0 Å². The first-order valence-corrected chi connectivity index (χ1v) is 5.85. The van der Waals surface area contributed by atoms with Crippen LogP contribution in [0.25, 0.3) is 11.1 Å². The van der Waals surface area contributed by atoms with Crippen molar-refractivity contribution in [2.24, 2.45) is 0 Å². The monoisotopic (exact) mass is 241 g/mol. The van der Waals surface area contributed by atoms with Crippen molar-refractivity contribution in [1.29, 1.82) is 0 Å². The first-order chi connectivity index (χ1) is 8.68. The molecule has 2 aromatic rings. The molecule has 0 unspecified atom stereocenters. The first kappa shape index (κ1) is 11.0. The Morgan fingerprint density at radius 2 is 1.83 bits per heavy atom. The van der Waals surface area contributed by atoms with Gasteiger partial charge in [-0.05, 0) is 28.3 Å². The molecule has 0 heterocycles. The summed E-state index contributed by atoms with van der Waals surface area (Å²) in [4.78, 5) is 11.2. The largest absolute Gasteiger partial charge is 0.272 e. The molecule has 0 fully saturated rings. The van der Waals surface area contributed by atoms with E-state index in [4.69, 9.17) is 0 Å². The molecule has 0 saturated carbocycles. The number of halogens is 1. The molecule has 0 aliphatic heterocycles. The summed E-state index contributed by atoms with van der Waals surface area (Å²) < 4.78 is 13.8. The summed E-state index contributed by atoms with van der Waals surface area (Å²) in [6.07, 6.45) is 0.676. The molecule has 18 heavy (non-hydrogen) atoms. The summed E-state index contributed by atoms with van der Waals surface area (Å²) in [5.74, 6) is -0.598. The maximum absolute atomic E-state index is 13.8. The number of hydrogen-bond acceptors (Lipinski definition) is 1. The van der Waals surface area contributed by atoms with Gasteiger partial charge in [0.15, 0.2) is 0 Å². The van der Waals surface area contributed by atoms with Crippen molar-refractivity contribution in [3.63, 3.8) is 0 Å². The number of amides is 1. The molecule has 0 bridgehead atoms. The van der Waals surface area contributed by atoms with Crippen molar-refractivity contribution in [1.82, 2.24) is 0 Å². The lowest BCUT2D eigenvalue weighted by atomic mass is 10.0. The van der Waals surface area contributed by atoms with E-state index in [-0.39, 0.29) is 5.12 Å². The number of carbonyl (C=O) groups excluding carboxylic acids is 1. The Kier molecular flexibility index (Phi) is 2.40. The second-order valence-corrected chi connectivity index (χ2v) is 4.44. The highest BCUT2D eigenvalue weighted by Crippen LogP contribution is 2.41. The highest BCUT2D eigenvalue weighted by Gasteiger charge is 2.24.